The summed E-state index contributed by atoms with van der Waals surface area (Å²) in [5.74, 6) is -0.362. The van der Waals surface area contributed by atoms with Gasteiger partial charge in [0.1, 0.15) is 0 Å². The standard InChI is InChI=1S/C25H32N2O2/c1-4-7-9-18-12-14-22(15-13-18)27-17-21(16-23(27)28)25(29)26-24-19(5-2)10-8-11-20(24)6-3/h8,10-15,21H,4-7,9,16-17H2,1-3H3,(H,26,29). The molecule has 0 aromatic heterocycles. The van der Waals surface area contributed by atoms with Crippen molar-refractivity contribution in [3.8, 4) is 0 Å². The van der Waals surface area contributed by atoms with Crippen LogP contribution in [0.2, 0.25) is 0 Å². The van der Waals surface area contributed by atoms with E-state index < -0.39 is 0 Å². The van der Waals surface area contributed by atoms with Gasteiger partial charge in [0.2, 0.25) is 11.8 Å². The first-order chi connectivity index (χ1) is 14.1. The molecular formula is C25H32N2O2. The van der Waals surface area contributed by atoms with Crippen molar-refractivity contribution in [1.82, 2.24) is 0 Å². The lowest BCUT2D eigenvalue weighted by atomic mass is 10.0. The molecule has 29 heavy (non-hydrogen) atoms. The lowest BCUT2D eigenvalue weighted by Gasteiger charge is -2.18. The highest BCUT2D eigenvalue weighted by atomic mass is 16.2. The zero-order valence-electron chi connectivity index (χ0n) is 17.8. The van der Waals surface area contributed by atoms with E-state index in [1.165, 1.54) is 18.4 Å². The first-order valence-electron chi connectivity index (χ1n) is 10.9. The summed E-state index contributed by atoms with van der Waals surface area (Å²) < 4.78 is 0. The fourth-order valence-corrected chi connectivity index (χ4v) is 3.98. The molecule has 2 aromatic rings. The largest absolute Gasteiger partial charge is 0.325 e. The second kappa shape index (κ2) is 9.73. The van der Waals surface area contributed by atoms with Crippen LogP contribution in [0.3, 0.4) is 0 Å². The summed E-state index contributed by atoms with van der Waals surface area (Å²) in [7, 11) is 0. The van der Waals surface area contributed by atoms with Crippen molar-refractivity contribution in [3.63, 3.8) is 0 Å². The zero-order chi connectivity index (χ0) is 20.8. The number of benzene rings is 2. The van der Waals surface area contributed by atoms with Crippen molar-refractivity contribution in [2.75, 3.05) is 16.8 Å². The monoisotopic (exact) mass is 392 g/mol. The highest BCUT2D eigenvalue weighted by Gasteiger charge is 2.35. The van der Waals surface area contributed by atoms with E-state index in [-0.39, 0.29) is 24.2 Å². The van der Waals surface area contributed by atoms with Crippen LogP contribution in [0.15, 0.2) is 42.5 Å². The minimum atomic E-state index is -0.322. The second-order valence-corrected chi connectivity index (χ2v) is 7.82. The van der Waals surface area contributed by atoms with Crippen LogP contribution in [0.1, 0.15) is 56.7 Å². The Morgan fingerprint density at radius 1 is 1.03 bits per heavy atom. The fraction of sp³-hybridized carbons (Fsp3) is 0.440. The summed E-state index contributed by atoms with van der Waals surface area (Å²) in [5, 5.41) is 3.13. The smallest absolute Gasteiger partial charge is 0.229 e. The van der Waals surface area contributed by atoms with E-state index in [9.17, 15) is 9.59 Å². The molecule has 154 valence electrons. The number of unbranched alkanes of at least 4 members (excludes halogenated alkanes) is 1. The van der Waals surface area contributed by atoms with E-state index in [0.717, 1.165) is 41.8 Å². The molecule has 1 N–H and O–H groups in total. The fourth-order valence-electron chi connectivity index (χ4n) is 3.98. The maximum Gasteiger partial charge on any atom is 0.229 e. The molecule has 1 atom stereocenters. The Morgan fingerprint density at radius 2 is 1.69 bits per heavy atom. The number of carbonyl (C=O) groups excluding carboxylic acids is 2. The molecule has 1 fully saturated rings. The highest BCUT2D eigenvalue weighted by molar-refractivity contribution is 6.04. The minimum Gasteiger partial charge on any atom is -0.325 e. The lowest BCUT2D eigenvalue weighted by Crippen LogP contribution is -2.28. The van der Waals surface area contributed by atoms with Gasteiger partial charge in [-0.2, -0.15) is 0 Å². The third-order valence-corrected chi connectivity index (χ3v) is 5.81. The van der Waals surface area contributed by atoms with Crippen molar-refractivity contribution in [2.24, 2.45) is 5.92 Å². The number of nitrogens with zero attached hydrogens (tertiary/aromatic N) is 1. The number of hydrogen-bond acceptors (Lipinski definition) is 2. The predicted molar refractivity (Wildman–Crippen MR) is 119 cm³/mol. The lowest BCUT2D eigenvalue weighted by molar-refractivity contribution is -0.122. The van der Waals surface area contributed by atoms with Crippen LogP contribution >= 0.6 is 0 Å². The van der Waals surface area contributed by atoms with Gasteiger partial charge >= 0.3 is 0 Å². The van der Waals surface area contributed by atoms with Gasteiger partial charge in [-0.05, 0) is 54.5 Å². The first-order valence-corrected chi connectivity index (χ1v) is 10.9. The van der Waals surface area contributed by atoms with Gasteiger partial charge in [0.25, 0.3) is 0 Å². The summed E-state index contributed by atoms with van der Waals surface area (Å²) in [4.78, 5) is 27.3. The molecule has 3 rings (SSSR count). The van der Waals surface area contributed by atoms with Crippen LogP contribution in [-0.2, 0) is 28.9 Å². The normalized spacial score (nSPS) is 16.3. The predicted octanol–water partition coefficient (Wildman–Crippen LogP) is 5.15. The molecule has 1 saturated heterocycles. The van der Waals surface area contributed by atoms with Gasteiger partial charge in [0.15, 0.2) is 0 Å². The minimum absolute atomic E-state index is 0.0194. The van der Waals surface area contributed by atoms with Crippen molar-refractivity contribution in [1.29, 1.82) is 0 Å². The summed E-state index contributed by atoms with van der Waals surface area (Å²) in [6.45, 7) is 6.81. The van der Waals surface area contributed by atoms with Gasteiger partial charge < -0.3 is 10.2 Å². The summed E-state index contributed by atoms with van der Waals surface area (Å²) >= 11 is 0. The maximum atomic E-state index is 13.0. The number of rotatable bonds is 8. The molecule has 1 aliphatic rings. The van der Waals surface area contributed by atoms with Gasteiger partial charge in [0.05, 0.1) is 5.92 Å². The van der Waals surface area contributed by atoms with E-state index in [1.54, 1.807) is 4.90 Å². The number of amides is 2. The first kappa shape index (κ1) is 21.1. The molecule has 0 bridgehead atoms. The molecular weight excluding hydrogens is 360 g/mol. The van der Waals surface area contributed by atoms with Crippen molar-refractivity contribution in [2.45, 2.75) is 59.3 Å². The van der Waals surface area contributed by atoms with Crippen LogP contribution in [0.25, 0.3) is 0 Å². The van der Waals surface area contributed by atoms with Gasteiger partial charge in [-0.15, -0.1) is 0 Å². The topological polar surface area (TPSA) is 49.4 Å². The van der Waals surface area contributed by atoms with E-state index in [0.29, 0.717) is 6.54 Å². The number of para-hydroxylation sites is 1. The SMILES string of the molecule is CCCCc1ccc(N2CC(C(=O)Nc3c(CC)cccc3CC)CC2=O)cc1. The van der Waals surface area contributed by atoms with Crippen LogP contribution in [-0.4, -0.2) is 18.4 Å². The number of nitrogens with one attached hydrogen (secondary N) is 1. The van der Waals surface area contributed by atoms with E-state index in [1.807, 2.05) is 18.2 Å². The Kier molecular flexibility index (Phi) is 7.08. The molecule has 0 spiro atoms. The number of aryl methyl sites for hydroxylation is 3. The second-order valence-electron chi connectivity index (χ2n) is 7.82. The van der Waals surface area contributed by atoms with Crippen LogP contribution in [0, 0.1) is 5.92 Å². The van der Waals surface area contributed by atoms with Crippen molar-refractivity contribution < 1.29 is 9.59 Å². The summed E-state index contributed by atoms with van der Waals surface area (Å²) in [6, 6.07) is 14.4. The molecule has 0 radical (unpaired) electrons. The summed E-state index contributed by atoms with van der Waals surface area (Å²) in [6.07, 6.45) is 5.39. The number of carbonyl (C=O) groups is 2. The molecule has 0 saturated carbocycles. The molecule has 2 aromatic carbocycles. The molecule has 4 nitrogen and oxygen atoms in total. The Labute approximate surface area is 174 Å². The molecule has 1 heterocycles. The molecule has 2 amide bonds. The van der Waals surface area contributed by atoms with Crippen molar-refractivity contribution in [3.05, 3.63) is 59.2 Å². The van der Waals surface area contributed by atoms with E-state index in [4.69, 9.17) is 0 Å². The van der Waals surface area contributed by atoms with Crippen LogP contribution in [0.5, 0.6) is 0 Å². The molecule has 1 aliphatic heterocycles. The maximum absolute atomic E-state index is 13.0. The van der Waals surface area contributed by atoms with Gasteiger partial charge in [0, 0.05) is 24.3 Å². The van der Waals surface area contributed by atoms with E-state index in [2.05, 4.69) is 50.4 Å². The third kappa shape index (κ3) is 4.87. The Hall–Kier alpha value is -2.62. The zero-order valence-corrected chi connectivity index (χ0v) is 17.8. The van der Waals surface area contributed by atoms with Crippen LogP contribution in [0.4, 0.5) is 11.4 Å². The van der Waals surface area contributed by atoms with E-state index >= 15 is 0 Å². The average molecular weight is 393 g/mol. The van der Waals surface area contributed by atoms with Gasteiger partial charge in [-0.1, -0.05) is 57.5 Å². The third-order valence-electron chi connectivity index (χ3n) is 5.81. The molecule has 4 heteroatoms. The quantitative estimate of drug-likeness (QED) is 0.676. The average Bonchev–Trinajstić information content (AvgIpc) is 3.14. The van der Waals surface area contributed by atoms with Crippen molar-refractivity contribution >= 4 is 23.2 Å². The van der Waals surface area contributed by atoms with Gasteiger partial charge in [-0.25, -0.2) is 0 Å². The Morgan fingerprint density at radius 3 is 2.28 bits per heavy atom. The summed E-state index contributed by atoms with van der Waals surface area (Å²) in [5.41, 5.74) is 5.38. The highest BCUT2D eigenvalue weighted by Crippen LogP contribution is 2.28. The molecule has 1 unspecified atom stereocenters. The van der Waals surface area contributed by atoms with Gasteiger partial charge in [-0.3, -0.25) is 9.59 Å². The number of anilines is 2. The molecule has 0 aliphatic carbocycles. The Balaban J connectivity index is 1.69. The number of hydrogen-bond donors (Lipinski definition) is 1. The Bertz CT molecular complexity index is 835. The van der Waals surface area contributed by atoms with Crippen LogP contribution < -0.4 is 10.2 Å².